The van der Waals surface area contributed by atoms with Crippen molar-refractivity contribution in [2.45, 2.75) is 91.6 Å². The molecule has 2 aromatic rings. The second kappa shape index (κ2) is 12.2. The molecule has 0 radical (unpaired) electrons. The van der Waals surface area contributed by atoms with Crippen molar-refractivity contribution in [1.29, 1.82) is 5.26 Å². The molecule has 2 aromatic heterocycles. The second-order valence-corrected chi connectivity index (χ2v) is 11.1. The molecule has 1 fully saturated rings. The maximum atomic E-state index is 13.4. The summed E-state index contributed by atoms with van der Waals surface area (Å²) < 4.78 is 5.71. The third-order valence-electron chi connectivity index (χ3n) is 7.27. The monoisotopic (exact) mass is 478 g/mol. The number of fused-ring (bicyclic) bond motifs is 1. The Balaban J connectivity index is 1.83. The van der Waals surface area contributed by atoms with Crippen molar-refractivity contribution in [3.05, 3.63) is 36.2 Å². The number of carbonyl (C=O) groups excluding carboxylic acids is 1. The Morgan fingerprint density at radius 1 is 1.34 bits per heavy atom. The van der Waals surface area contributed by atoms with Crippen molar-refractivity contribution in [1.82, 2.24) is 10.3 Å². The maximum absolute atomic E-state index is 13.4. The number of hydrogen-bond donors (Lipinski definition) is 2. The van der Waals surface area contributed by atoms with Crippen molar-refractivity contribution in [2.75, 3.05) is 5.32 Å². The number of carbonyl (C=O) groups is 1. The molecule has 1 aliphatic carbocycles. The lowest BCUT2D eigenvalue weighted by atomic mass is 9.76. The molecule has 3 rings (SSSR count). The van der Waals surface area contributed by atoms with Crippen LogP contribution in [0.2, 0.25) is 0 Å². The molecule has 1 amide bonds. The van der Waals surface area contributed by atoms with Crippen LogP contribution in [-0.2, 0) is 0 Å². The van der Waals surface area contributed by atoms with Gasteiger partial charge in [0.25, 0.3) is 5.91 Å². The summed E-state index contributed by atoms with van der Waals surface area (Å²) in [5.74, 6) is 2.90. The normalized spacial score (nSPS) is 21.9. The minimum absolute atomic E-state index is 0.0429. The zero-order valence-electron chi connectivity index (χ0n) is 22.1. The van der Waals surface area contributed by atoms with Crippen LogP contribution in [-0.4, -0.2) is 23.0 Å². The van der Waals surface area contributed by atoms with Crippen molar-refractivity contribution >= 4 is 22.7 Å². The van der Waals surface area contributed by atoms with Crippen molar-refractivity contribution < 1.29 is 9.21 Å². The average Bonchev–Trinajstić information content (AvgIpc) is 3.16. The van der Waals surface area contributed by atoms with Crippen molar-refractivity contribution in [3.63, 3.8) is 0 Å². The Kier molecular flexibility index (Phi) is 9.37. The molecule has 2 heterocycles. The van der Waals surface area contributed by atoms with Crippen LogP contribution < -0.4 is 10.6 Å². The Morgan fingerprint density at radius 2 is 2.11 bits per heavy atom. The lowest BCUT2D eigenvalue weighted by Crippen LogP contribution is -2.40. The van der Waals surface area contributed by atoms with E-state index in [4.69, 9.17) is 4.42 Å². The van der Waals surface area contributed by atoms with Gasteiger partial charge < -0.3 is 15.1 Å². The minimum atomic E-state index is -0.234. The molecule has 190 valence electrons. The number of amides is 1. The molecule has 6 nitrogen and oxygen atoms in total. The number of hydrogen-bond acceptors (Lipinski definition) is 5. The zero-order valence-corrected chi connectivity index (χ0v) is 22.1. The largest absolute Gasteiger partial charge is 0.443 e. The van der Waals surface area contributed by atoms with Crippen LogP contribution >= 0.6 is 0 Å². The number of pyridine rings is 1. The van der Waals surface area contributed by atoms with E-state index in [1.54, 1.807) is 6.20 Å². The van der Waals surface area contributed by atoms with Crippen LogP contribution in [0.1, 0.15) is 95.7 Å². The summed E-state index contributed by atoms with van der Waals surface area (Å²) in [6.07, 6.45) is 10.8. The van der Waals surface area contributed by atoms with E-state index in [9.17, 15) is 10.1 Å². The summed E-state index contributed by atoms with van der Waals surface area (Å²) in [7, 11) is 0. The summed E-state index contributed by atoms with van der Waals surface area (Å²) in [6, 6.07) is 4.22. The van der Waals surface area contributed by atoms with Gasteiger partial charge >= 0.3 is 0 Å². The lowest BCUT2D eigenvalue weighted by Gasteiger charge is -2.34. The average molecular weight is 479 g/mol. The van der Waals surface area contributed by atoms with Crippen LogP contribution in [0.25, 0.3) is 11.0 Å². The number of nitrogens with one attached hydrogen (secondary N) is 2. The summed E-state index contributed by atoms with van der Waals surface area (Å²) in [4.78, 5) is 17.9. The fourth-order valence-corrected chi connectivity index (χ4v) is 5.64. The lowest BCUT2D eigenvalue weighted by molar-refractivity contribution is 0.0904. The van der Waals surface area contributed by atoms with E-state index >= 15 is 0 Å². The molecule has 0 saturated heterocycles. The van der Waals surface area contributed by atoms with E-state index in [0.29, 0.717) is 46.0 Å². The number of anilines is 1. The van der Waals surface area contributed by atoms with Gasteiger partial charge in [0.05, 0.1) is 6.20 Å². The first-order valence-corrected chi connectivity index (χ1v) is 13.2. The van der Waals surface area contributed by atoms with E-state index in [1.165, 1.54) is 12.8 Å². The van der Waals surface area contributed by atoms with Crippen LogP contribution in [0.5, 0.6) is 0 Å². The van der Waals surface area contributed by atoms with Crippen LogP contribution in [0.15, 0.2) is 29.3 Å². The van der Waals surface area contributed by atoms with Gasteiger partial charge in [0, 0.05) is 17.5 Å². The van der Waals surface area contributed by atoms with Crippen LogP contribution in [0, 0.1) is 35.0 Å². The highest BCUT2D eigenvalue weighted by atomic mass is 16.3. The maximum Gasteiger partial charge on any atom is 0.256 e. The highest BCUT2D eigenvalue weighted by Crippen LogP contribution is 2.34. The number of nitrogens with zero attached hydrogens (tertiary/aromatic N) is 2. The molecule has 1 aliphatic rings. The summed E-state index contributed by atoms with van der Waals surface area (Å²) in [5, 5.41) is 17.1. The summed E-state index contributed by atoms with van der Waals surface area (Å²) in [5.41, 5.74) is 0.767. The first-order valence-electron chi connectivity index (χ1n) is 13.2. The van der Waals surface area contributed by atoms with E-state index < -0.39 is 0 Å². The van der Waals surface area contributed by atoms with Crippen LogP contribution in [0.3, 0.4) is 0 Å². The Hall–Kier alpha value is -2.81. The highest BCUT2D eigenvalue weighted by molar-refractivity contribution is 6.08. The zero-order chi connectivity index (χ0) is 25.5. The molecule has 0 spiro atoms. The fraction of sp³-hybridized carbons (Fsp3) is 0.621. The smallest absolute Gasteiger partial charge is 0.256 e. The Labute approximate surface area is 210 Å². The molecule has 5 atom stereocenters. The molecule has 2 N–H and O–H groups in total. The van der Waals surface area contributed by atoms with E-state index in [2.05, 4.69) is 62.9 Å². The van der Waals surface area contributed by atoms with Gasteiger partial charge in [-0.1, -0.05) is 47.1 Å². The van der Waals surface area contributed by atoms with Gasteiger partial charge in [0.1, 0.15) is 17.5 Å². The third kappa shape index (κ3) is 7.10. The van der Waals surface area contributed by atoms with Gasteiger partial charge in [0.15, 0.2) is 5.58 Å². The number of furan rings is 1. The fourth-order valence-electron chi connectivity index (χ4n) is 5.64. The summed E-state index contributed by atoms with van der Waals surface area (Å²) >= 11 is 0. The molecule has 35 heavy (non-hydrogen) atoms. The topological polar surface area (TPSA) is 91.0 Å². The molecule has 0 bridgehead atoms. The molecular formula is C29H42N4O2. The van der Waals surface area contributed by atoms with E-state index in [0.717, 1.165) is 32.1 Å². The first kappa shape index (κ1) is 26.8. The van der Waals surface area contributed by atoms with E-state index in [-0.39, 0.29) is 23.8 Å². The van der Waals surface area contributed by atoms with E-state index in [1.807, 2.05) is 12.1 Å². The Morgan fingerprint density at radius 3 is 2.77 bits per heavy atom. The SMILES string of the molecule is C=CCC(CC(C)CC)Nc1cc2c(C(=O)NC3CC(C)CC(CC(C)C)C3)c(C#N)oc2cn1. The van der Waals surface area contributed by atoms with Gasteiger partial charge in [-0.3, -0.25) is 4.79 Å². The van der Waals surface area contributed by atoms with Gasteiger partial charge in [-0.05, 0) is 68.3 Å². The summed E-state index contributed by atoms with van der Waals surface area (Å²) in [6.45, 7) is 15.1. The van der Waals surface area contributed by atoms with Gasteiger partial charge in [-0.2, -0.15) is 5.26 Å². The second-order valence-electron chi connectivity index (χ2n) is 11.1. The molecule has 0 aromatic carbocycles. The molecule has 1 saturated carbocycles. The minimum Gasteiger partial charge on any atom is -0.443 e. The number of rotatable bonds is 11. The first-order chi connectivity index (χ1) is 16.7. The molecule has 6 heteroatoms. The van der Waals surface area contributed by atoms with Crippen molar-refractivity contribution in [3.8, 4) is 6.07 Å². The predicted molar refractivity (Wildman–Crippen MR) is 142 cm³/mol. The molecule has 5 unspecified atom stereocenters. The van der Waals surface area contributed by atoms with Crippen molar-refractivity contribution in [2.24, 2.45) is 23.7 Å². The van der Waals surface area contributed by atoms with Crippen LogP contribution in [0.4, 0.5) is 5.82 Å². The standard InChI is InChI=1S/C29H42N4O2/c1-7-9-22(12-19(5)8-2)32-27-15-24-26(17-31-27)35-25(16-30)28(24)29(34)33-23-13-20(6)11-21(14-23)10-18(3)4/h7,15,17-23H,1,8-14H2,2-6H3,(H,31,32)(H,33,34). The van der Waals surface area contributed by atoms with Gasteiger partial charge in [-0.25, -0.2) is 4.98 Å². The third-order valence-corrected chi connectivity index (χ3v) is 7.27. The number of aromatic nitrogens is 1. The van der Waals surface area contributed by atoms with Gasteiger partial charge in [0.2, 0.25) is 5.76 Å². The molecular weight excluding hydrogens is 436 g/mol. The van der Waals surface area contributed by atoms with Gasteiger partial charge in [-0.15, -0.1) is 6.58 Å². The predicted octanol–water partition coefficient (Wildman–Crippen LogP) is 7.07. The highest BCUT2D eigenvalue weighted by Gasteiger charge is 2.30. The quantitative estimate of drug-likeness (QED) is 0.337. The number of nitriles is 1. The molecule has 0 aliphatic heterocycles. The Bertz CT molecular complexity index is 1050.